The number of phenols is 1. The molecule has 7 nitrogen and oxygen atoms in total. The van der Waals surface area contributed by atoms with E-state index in [1.807, 2.05) is 10.3 Å². The van der Waals surface area contributed by atoms with Gasteiger partial charge < -0.3 is 9.84 Å². The zero-order valence-corrected chi connectivity index (χ0v) is 14.5. The number of hydrogen-bond acceptors (Lipinski definition) is 5. The number of rotatable bonds is 6. The Morgan fingerprint density at radius 2 is 2.04 bits per heavy atom. The maximum Gasteiger partial charge on any atom is 0.269 e. The number of amides is 1. The number of carbonyl (C=O) groups is 1. The van der Waals surface area contributed by atoms with Gasteiger partial charge >= 0.3 is 0 Å². The van der Waals surface area contributed by atoms with Gasteiger partial charge in [-0.15, -0.1) is 4.83 Å². The minimum absolute atomic E-state index is 0.0926. The molecule has 0 heterocycles. The van der Waals surface area contributed by atoms with E-state index >= 15 is 0 Å². The third-order valence-electron chi connectivity index (χ3n) is 3.07. The zero-order chi connectivity index (χ0) is 18.6. The van der Waals surface area contributed by atoms with Gasteiger partial charge in [0.15, 0.2) is 5.82 Å². The third kappa shape index (κ3) is 4.67. The lowest BCUT2D eigenvalue weighted by Gasteiger charge is -2.11. The van der Waals surface area contributed by atoms with E-state index in [4.69, 9.17) is 16.3 Å². The molecule has 25 heavy (non-hydrogen) atoms. The number of nitrogens with one attached hydrogen (secondary N) is 2. The third-order valence-corrected chi connectivity index (χ3v) is 4.59. The molecule has 0 fully saturated rings. The molecular weight excluding hydrogens is 375 g/mol. The van der Waals surface area contributed by atoms with Crippen molar-refractivity contribution in [3.8, 4) is 5.75 Å². The molecule has 0 aromatic heterocycles. The van der Waals surface area contributed by atoms with Crippen LogP contribution in [0.3, 0.4) is 0 Å². The Bertz CT molecular complexity index is 905. The standard InChI is InChI=1S/C15H14ClFN2O5S/c1-24-8-9-5-12(14(17)13(16)6-9)15(21)18-19-25(22,23)11-4-2-3-10(20)7-11/h2-7,19-20H,8H2,1H3,(H,18,21). The molecule has 0 bridgehead atoms. The smallest absolute Gasteiger partial charge is 0.269 e. The number of hydrogen-bond donors (Lipinski definition) is 3. The summed E-state index contributed by atoms with van der Waals surface area (Å²) in [6.45, 7) is 0.0926. The maximum absolute atomic E-state index is 14.0. The number of ether oxygens (including phenoxy) is 1. The highest BCUT2D eigenvalue weighted by Gasteiger charge is 2.20. The number of carbonyl (C=O) groups excluding carboxylic acids is 1. The maximum atomic E-state index is 14.0. The Morgan fingerprint density at radius 1 is 1.32 bits per heavy atom. The Balaban J connectivity index is 2.20. The van der Waals surface area contributed by atoms with E-state index in [9.17, 15) is 22.7 Å². The van der Waals surface area contributed by atoms with Gasteiger partial charge in [0.1, 0.15) is 5.75 Å². The van der Waals surface area contributed by atoms with Crippen molar-refractivity contribution in [2.24, 2.45) is 0 Å². The molecule has 0 unspecified atom stereocenters. The van der Waals surface area contributed by atoms with Crippen LogP contribution in [0.4, 0.5) is 4.39 Å². The first kappa shape index (κ1) is 19.1. The second-order valence-electron chi connectivity index (χ2n) is 4.93. The van der Waals surface area contributed by atoms with Crippen LogP contribution in [0.1, 0.15) is 15.9 Å². The largest absolute Gasteiger partial charge is 0.508 e. The fourth-order valence-corrected chi connectivity index (χ4v) is 3.07. The van der Waals surface area contributed by atoms with Crippen molar-refractivity contribution >= 4 is 27.5 Å². The molecular formula is C15H14ClFN2O5S. The summed E-state index contributed by atoms with van der Waals surface area (Å²) in [5, 5.41) is 9.03. The Morgan fingerprint density at radius 3 is 2.68 bits per heavy atom. The normalized spacial score (nSPS) is 11.3. The van der Waals surface area contributed by atoms with Crippen molar-refractivity contribution in [2.45, 2.75) is 11.5 Å². The first-order valence-corrected chi connectivity index (χ1v) is 8.68. The summed E-state index contributed by atoms with van der Waals surface area (Å²) in [4.78, 5) is 13.6. The molecule has 2 rings (SSSR count). The highest BCUT2D eigenvalue weighted by atomic mass is 35.5. The van der Waals surface area contributed by atoms with Gasteiger partial charge in [-0.05, 0) is 35.9 Å². The van der Waals surface area contributed by atoms with E-state index in [0.717, 1.165) is 6.07 Å². The van der Waals surface area contributed by atoms with Crippen LogP contribution < -0.4 is 10.3 Å². The highest BCUT2D eigenvalue weighted by Crippen LogP contribution is 2.21. The number of aromatic hydroxyl groups is 1. The Kier molecular flexibility index (Phi) is 5.96. The molecule has 134 valence electrons. The van der Waals surface area contributed by atoms with Crippen molar-refractivity contribution < 1.29 is 27.4 Å². The quantitative estimate of drug-likeness (QED) is 0.656. The number of halogens is 2. The molecule has 0 saturated carbocycles. The van der Waals surface area contributed by atoms with Gasteiger partial charge in [-0.3, -0.25) is 10.2 Å². The van der Waals surface area contributed by atoms with Gasteiger partial charge in [0, 0.05) is 7.11 Å². The minimum atomic E-state index is -4.15. The fourth-order valence-electron chi connectivity index (χ4n) is 1.95. The predicted octanol–water partition coefficient (Wildman–Crippen LogP) is 1.95. The lowest BCUT2D eigenvalue weighted by atomic mass is 10.1. The summed E-state index contributed by atoms with van der Waals surface area (Å²) in [6, 6.07) is 7.31. The molecule has 2 aromatic carbocycles. The first-order valence-electron chi connectivity index (χ1n) is 6.82. The van der Waals surface area contributed by atoms with Crippen molar-refractivity contribution in [1.29, 1.82) is 0 Å². The number of hydrazine groups is 1. The minimum Gasteiger partial charge on any atom is -0.508 e. The topological polar surface area (TPSA) is 105 Å². The second-order valence-corrected chi connectivity index (χ2v) is 7.02. The monoisotopic (exact) mass is 388 g/mol. The molecule has 0 aliphatic heterocycles. The molecule has 3 N–H and O–H groups in total. The van der Waals surface area contributed by atoms with Gasteiger partial charge in [-0.2, -0.15) is 0 Å². The highest BCUT2D eigenvalue weighted by molar-refractivity contribution is 7.89. The van der Waals surface area contributed by atoms with E-state index < -0.39 is 27.3 Å². The van der Waals surface area contributed by atoms with Crippen LogP contribution in [-0.4, -0.2) is 26.5 Å². The summed E-state index contributed by atoms with van der Waals surface area (Å²) in [5.41, 5.74) is 1.89. The van der Waals surface area contributed by atoms with Crippen LogP contribution in [-0.2, 0) is 21.4 Å². The molecule has 0 saturated heterocycles. The summed E-state index contributed by atoms with van der Waals surface area (Å²) in [7, 11) is -2.73. The van der Waals surface area contributed by atoms with Crippen LogP contribution in [0.2, 0.25) is 5.02 Å². The zero-order valence-electron chi connectivity index (χ0n) is 12.9. The van der Waals surface area contributed by atoms with Gasteiger partial charge in [-0.1, -0.05) is 17.7 Å². The van der Waals surface area contributed by atoms with E-state index in [1.54, 1.807) is 0 Å². The second kappa shape index (κ2) is 7.79. The van der Waals surface area contributed by atoms with E-state index in [1.165, 1.54) is 37.4 Å². The van der Waals surface area contributed by atoms with Crippen LogP contribution in [0, 0.1) is 5.82 Å². The molecule has 0 aliphatic carbocycles. The first-order chi connectivity index (χ1) is 11.7. The molecule has 2 aromatic rings. The Labute approximate surface area is 148 Å². The summed E-state index contributed by atoms with van der Waals surface area (Å²) in [5.74, 6) is -2.30. The number of methoxy groups -OCH3 is 1. The SMILES string of the molecule is COCc1cc(Cl)c(F)c(C(=O)NNS(=O)(=O)c2cccc(O)c2)c1. The van der Waals surface area contributed by atoms with Crippen LogP contribution >= 0.6 is 11.6 Å². The van der Waals surface area contributed by atoms with Crippen LogP contribution in [0.5, 0.6) is 5.75 Å². The molecule has 0 spiro atoms. The van der Waals surface area contributed by atoms with Gasteiger partial charge in [0.2, 0.25) is 0 Å². The number of benzene rings is 2. The van der Waals surface area contributed by atoms with Crippen molar-refractivity contribution in [1.82, 2.24) is 10.3 Å². The van der Waals surface area contributed by atoms with Gasteiger partial charge in [0.05, 0.1) is 22.1 Å². The van der Waals surface area contributed by atoms with Crippen LogP contribution in [0.25, 0.3) is 0 Å². The Hall–Kier alpha value is -2.20. The van der Waals surface area contributed by atoms with Crippen molar-refractivity contribution in [3.05, 3.63) is 58.4 Å². The number of sulfonamides is 1. The molecule has 0 aliphatic rings. The van der Waals surface area contributed by atoms with Gasteiger partial charge in [-0.25, -0.2) is 12.8 Å². The molecule has 1 amide bonds. The fraction of sp³-hybridized carbons (Fsp3) is 0.133. The lowest BCUT2D eigenvalue weighted by Crippen LogP contribution is -2.41. The predicted molar refractivity (Wildman–Crippen MR) is 88.0 cm³/mol. The van der Waals surface area contributed by atoms with Crippen molar-refractivity contribution in [3.63, 3.8) is 0 Å². The molecule has 10 heteroatoms. The molecule has 0 atom stereocenters. The van der Waals surface area contributed by atoms with Crippen molar-refractivity contribution in [2.75, 3.05) is 7.11 Å². The van der Waals surface area contributed by atoms with E-state index in [-0.39, 0.29) is 22.3 Å². The number of phenolic OH excluding ortho intramolecular Hbond substituents is 1. The molecule has 0 radical (unpaired) electrons. The summed E-state index contributed by atoms with van der Waals surface area (Å²) < 4.78 is 43.0. The lowest BCUT2D eigenvalue weighted by molar-refractivity contribution is 0.0940. The summed E-state index contributed by atoms with van der Waals surface area (Å²) in [6.07, 6.45) is 0. The van der Waals surface area contributed by atoms with Crippen LogP contribution in [0.15, 0.2) is 41.3 Å². The average molecular weight is 389 g/mol. The summed E-state index contributed by atoms with van der Waals surface area (Å²) >= 11 is 5.73. The average Bonchev–Trinajstić information content (AvgIpc) is 2.56. The van der Waals surface area contributed by atoms with E-state index in [0.29, 0.717) is 5.56 Å². The van der Waals surface area contributed by atoms with E-state index in [2.05, 4.69) is 0 Å². The van der Waals surface area contributed by atoms with Gasteiger partial charge in [0.25, 0.3) is 15.9 Å².